The molecule has 4 aromatic rings. The first-order valence-electron chi connectivity index (χ1n) is 7.88. The second kappa shape index (κ2) is 4.58. The highest BCUT2D eigenvalue weighted by Gasteiger charge is 2.07. The van der Waals surface area contributed by atoms with E-state index in [2.05, 4.69) is 76.2 Å². The molecule has 0 N–H and O–H groups in total. The van der Waals surface area contributed by atoms with Crippen LogP contribution < -0.4 is 0 Å². The Balaban J connectivity index is 2.22. The summed E-state index contributed by atoms with van der Waals surface area (Å²) in [4.78, 5) is 0. The quantitative estimate of drug-likeness (QED) is 0.329. The van der Waals surface area contributed by atoms with Crippen LogP contribution in [-0.2, 0) is 0 Å². The predicted octanol–water partition coefficient (Wildman–Crippen LogP) is 6.38. The van der Waals surface area contributed by atoms with E-state index in [4.69, 9.17) is 0 Å². The highest BCUT2D eigenvalue weighted by Crippen LogP contribution is 2.32. The van der Waals surface area contributed by atoms with Crippen LogP contribution in [0.1, 0.15) is 22.3 Å². The topological polar surface area (TPSA) is 0 Å². The summed E-state index contributed by atoms with van der Waals surface area (Å²) in [6, 6.07) is 18.3. The first-order chi connectivity index (χ1) is 10.5. The average molecular weight is 284 g/mol. The molecule has 0 bridgehead atoms. The number of aryl methyl sites for hydroxylation is 4. The van der Waals surface area contributed by atoms with Crippen LogP contribution in [0.3, 0.4) is 0 Å². The van der Waals surface area contributed by atoms with Crippen molar-refractivity contribution in [3.05, 3.63) is 70.8 Å². The molecule has 0 aliphatic heterocycles. The van der Waals surface area contributed by atoms with E-state index in [1.54, 1.807) is 0 Å². The Hall–Kier alpha value is -2.34. The molecule has 22 heavy (non-hydrogen) atoms. The second-order valence-electron chi connectivity index (χ2n) is 6.54. The molecule has 0 unspecified atom stereocenters. The van der Waals surface area contributed by atoms with E-state index in [0.717, 1.165) is 0 Å². The number of rotatable bonds is 0. The Bertz CT molecular complexity index is 884. The molecule has 0 aliphatic rings. The van der Waals surface area contributed by atoms with Gasteiger partial charge in [0.05, 0.1) is 0 Å². The lowest BCUT2D eigenvalue weighted by atomic mass is 9.93. The molecule has 0 heterocycles. The molecule has 0 atom stereocenters. The van der Waals surface area contributed by atoms with Crippen LogP contribution in [0.25, 0.3) is 32.3 Å². The van der Waals surface area contributed by atoms with Gasteiger partial charge in [0, 0.05) is 0 Å². The molecular formula is C22H20. The minimum atomic E-state index is 1.34. The lowest BCUT2D eigenvalue weighted by Crippen LogP contribution is -1.87. The molecule has 0 saturated heterocycles. The third kappa shape index (κ3) is 1.84. The maximum Gasteiger partial charge on any atom is -0.0146 e. The van der Waals surface area contributed by atoms with Crippen LogP contribution in [0.4, 0.5) is 0 Å². The van der Waals surface area contributed by atoms with Crippen LogP contribution in [0.2, 0.25) is 0 Å². The fourth-order valence-electron chi connectivity index (χ4n) is 3.51. The van der Waals surface area contributed by atoms with Crippen LogP contribution in [0.5, 0.6) is 0 Å². The fraction of sp³-hybridized carbons (Fsp3) is 0.182. The maximum atomic E-state index is 2.36. The van der Waals surface area contributed by atoms with Crippen molar-refractivity contribution in [2.75, 3.05) is 0 Å². The zero-order chi connectivity index (χ0) is 15.4. The SMILES string of the molecule is Cc1ccc(C)c2cc3cc4c(C)ccc(C)c4cc3cc12. The zero-order valence-electron chi connectivity index (χ0n) is 13.6. The molecule has 108 valence electrons. The molecule has 0 nitrogen and oxygen atoms in total. The van der Waals surface area contributed by atoms with Gasteiger partial charge in [0.1, 0.15) is 0 Å². The van der Waals surface area contributed by atoms with Crippen molar-refractivity contribution in [3.63, 3.8) is 0 Å². The van der Waals surface area contributed by atoms with Gasteiger partial charge in [-0.25, -0.2) is 0 Å². The normalized spacial score (nSPS) is 11.6. The van der Waals surface area contributed by atoms with Crippen molar-refractivity contribution >= 4 is 32.3 Å². The molecule has 0 radical (unpaired) electrons. The van der Waals surface area contributed by atoms with Gasteiger partial charge in [0.25, 0.3) is 0 Å². The largest absolute Gasteiger partial charge is 0.0584 e. The van der Waals surface area contributed by atoms with Crippen LogP contribution in [0.15, 0.2) is 48.5 Å². The maximum absolute atomic E-state index is 2.36. The summed E-state index contributed by atoms with van der Waals surface area (Å²) in [6.07, 6.45) is 0. The molecule has 4 rings (SSSR count). The Morgan fingerprint density at radius 2 is 0.636 bits per heavy atom. The smallest absolute Gasteiger partial charge is 0.0146 e. The molecule has 0 fully saturated rings. The van der Waals surface area contributed by atoms with Gasteiger partial charge >= 0.3 is 0 Å². The van der Waals surface area contributed by atoms with Crippen molar-refractivity contribution < 1.29 is 0 Å². The van der Waals surface area contributed by atoms with Gasteiger partial charge < -0.3 is 0 Å². The van der Waals surface area contributed by atoms with E-state index in [9.17, 15) is 0 Å². The van der Waals surface area contributed by atoms with Gasteiger partial charge in [-0.15, -0.1) is 0 Å². The Morgan fingerprint density at radius 3 is 0.864 bits per heavy atom. The van der Waals surface area contributed by atoms with Crippen LogP contribution in [0, 0.1) is 27.7 Å². The minimum absolute atomic E-state index is 1.34. The molecule has 0 heteroatoms. The average Bonchev–Trinajstić information content (AvgIpc) is 2.52. The van der Waals surface area contributed by atoms with Crippen molar-refractivity contribution in [2.45, 2.75) is 27.7 Å². The number of fused-ring (bicyclic) bond motifs is 3. The van der Waals surface area contributed by atoms with E-state index < -0.39 is 0 Å². The first-order valence-corrected chi connectivity index (χ1v) is 7.88. The fourth-order valence-corrected chi connectivity index (χ4v) is 3.51. The van der Waals surface area contributed by atoms with Crippen molar-refractivity contribution in [2.24, 2.45) is 0 Å². The summed E-state index contributed by atoms with van der Waals surface area (Å²) >= 11 is 0. The van der Waals surface area contributed by atoms with E-state index in [1.165, 1.54) is 54.6 Å². The van der Waals surface area contributed by atoms with Gasteiger partial charge in [-0.1, -0.05) is 24.3 Å². The highest BCUT2D eigenvalue weighted by atomic mass is 14.1. The standard InChI is InChI=1S/C22H20/c1-13-5-6-14(2)20-10-18-12-22-16(4)8-7-15(3)21(22)11-17(18)9-19(13)20/h5-12H,1-4H3. The van der Waals surface area contributed by atoms with Crippen molar-refractivity contribution in [1.29, 1.82) is 0 Å². The summed E-state index contributed by atoms with van der Waals surface area (Å²) in [6.45, 7) is 8.79. The Morgan fingerprint density at radius 1 is 0.409 bits per heavy atom. The van der Waals surface area contributed by atoms with E-state index in [-0.39, 0.29) is 0 Å². The lowest BCUT2D eigenvalue weighted by Gasteiger charge is -2.11. The minimum Gasteiger partial charge on any atom is -0.0584 e. The third-order valence-electron chi connectivity index (χ3n) is 4.98. The summed E-state index contributed by atoms with van der Waals surface area (Å²) in [7, 11) is 0. The van der Waals surface area contributed by atoms with Gasteiger partial charge in [0.2, 0.25) is 0 Å². The first kappa shape index (κ1) is 13.3. The lowest BCUT2D eigenvalue weighted by molar-refractivity contribution is 1.46. The van der Waals surface area contributed by atoms with Crippen LogP contribution >= 0.6 is 0 Å². The predicted molar refractivity (Wildman–Crippen MR) is 97.9 cm³/mol. The zero-order valence-corrected chi connectivity index (χ0v) is 13.6. The van der Waals surface area contributed by atoms with E-state index >= 15 is 0 Å². The monoisotopic (exact) mass is 284 g/mol. The molecule has 4 aromatic carbocycles. The number of benzene rings is 4. The molecule has 0 saturated carbocycles. The summed E-state index contributed by atoms with van der Waals surface area (Å²) in [5, 5.41) is 8.16. The second-order valence-corrected chi connectivity index (χ2v) is 6.54. The van der Waals surface area contributed by atoms with E-state index in [0.29, 0.717) is 0 Å². The van der Waals surface area contributed by atoms with E-state index in [1.807, 2.05) is 0 Å². The summed E-state index contributed by atoms with van der Waals surface area (Å²) in [5.74, 6) is 0. The number of hydrogen-bond acceptors (Lipinski definition) is 0. The van der Waals surface area contributed by atoms with Gasteiger partial charge in [-0.05, 0) is 107 Å². The molecular weight excluding hydrogens is 264 g/mol. The molecule has 0 aromatic heterocycles. The Labute approximate surface area is 131 Å². The highest BCUT2D eigenvalue weighted by molar-refractivity contribution is 6.07. The van der Waals surface area contributed by atoms with Gasteiger partial charge in [-0.2, -0.15) is 0 Å². The Kier molecular flexibility index (Phi) is 2.77. The molecule has 0 aliphatic carbocycles. The van der Waals surface area contributed by atoms with Gasteiger partial charge in [0.15, 0.2) is 0 Å². The molecule has 0 spiro atoms. The van der Waals surface area contributed by atoms with Crippen molar-refractivity contribution in [3.8, 4) is 0 Å². The van der Waals surface area contributed by atoms with Crippen LogP contribution in [-0.4, -0.2) is 0 Å². The molecule has 0 amide bonds. The van der Waals surface area contributed by atoms with Gasteiger partial charge in [-0.3, -0.25) is 0 Å². The summed E-state index contributed by atoms with van der Waals surface area (Å²) < 4.78 is 0. The third-order valence-corrected chi connectivity index (χ3v) is 4.98. The number of hydrogen-bond donors (Lipinski definition) is 0. The van der Waals surface area contributed by atoms with Crippen molar-refractivity contribution in [1.82, 2.24) is 0 Å². The summed E-state index contributed by atoms with van der Waals surface area (Å²) in [5.41, 5.74) is 5.40.